The standard InChI is InChI=1S/C10H21N3O3S/c1-9(2)8-17(15,16)12-7-10(14)13-5-3-11-4-6-13/h9,11-12H,3-8H2,1-2H3. The lowest BCUT2D eigenvalue weighted by Crippen LogP contribution is -2.49. The largest absolute Gasteiger partial charge is 0.339 e. The second kappa shape index (κ2) is 6.32. The van der Waals surface area contributed by atoms with E-state index in [1.807, 2.05) is 13.8 Å². The topological polar surface area (TPSA) is 78.5 Å². The Kier molecular flexibility index (Phi) is 5.35. The highest BCUT2D eigenvalue weighted by atomic mass is 32.2. The summed E-state index contributed by atoms with van der Waals surface area (Å²) in [5, 5.41) is 3.14. The molecule has 17 heavy (non-hydrogen) atoms. The number of carbonyl (C=O) groups excluding carboxylic acids is 1. The molecule has 0 aromatic rings. The van der Waals surface area contributed by atoms with E-state index in [4.69, 9.17) is 0 Å². The van der Waals surface area contributed by atoms with Crippen LogP contribution in [0.1, 0.15) is 13.8 Å². The molecule has 1 aliphatic heterocycles. The van der Waals surface area contributed by atoms with Crippen LogP contribution in [0, 0.1) is 5.92 Å². The van der Waals surface area contributed by atoms with Gasteiger partial charge in [0, 0.05) is 26.2 Å². The van der Waals surface area contributed by atoms with Crippen molar-refractivity contribution in [1.82, 2.24) is 14.9 Å². The van der Waals surface area contributed by atoms with Crippen LogP contribution in [0.25, 0.3) is 0 Å². The number of carbonyl (C=O) groups is 1. The molecule has 1 amide bonds. The van der Waals surface area contributed by atoms with Crippen LogP contribution in [0.2, 0.25) is 0 Å². The Bertz CT molecular complexity index is 348. The lowest BCUT2D eigenvalue weighted by atomic mass is 10.3. The summed E-state index contributed by atoms with van der Waals surface area (Å²) >= 11 is 0. The van der Waals surface area contributed by atoms with Crippen molar-refractivity contribution < 1.29 is 13.2 Å². The van der Waals surface area contributed by atoms with Gasteiger partial charge in [0.15, 0.2) is 0 Å². The first-order valence-corrected chi connectivity index (χ1v) is 7.52. The minimum absolute atomic E-state index is 0.0572. The van der Waals surface area contributed by atoms with Gasteiger partial charge in [-0.05, 0) is 5.92 Å². The molecule has 1 fully saturated rings. The Morgan fingerprint density at radius 3 is 2.47 bits per heavy atom. The van der Waals surface area contributed by atoms with E-state index in [2.05, 4.69) is 10.0 Å². The van der Waals surface area contributed by atoms with Gasteiger partial charge in [0.25, 0.3) is 0 Å². The van der Waals surface area contributed by atoms with Crippen LogP contribution < -0.4 is 10.0 Å². The van der Waals surface area contributed by atoms with Crippen LogP contribution in [-0.4, -0.2) is 57.7 Å². The van der Waals surface area contributed by atoms with Gasteiger partial charge in [-0.3, -0.25) is 4.79 Å². The molecule has 0 radical (unpaired) electrons. The Hall–Kier alpha value is -0.660. The summed E-state index contributed by atoms with van der Waals surface area (Å²) in [6, 6.07) is 0. The van der Waals surface area contributed by atoms with Crippen molar-refractivity contribution in [3.05, 3.63) is 0 Å². The molecule has 1 saturated heterocycles. The molecular formula is C10H21N3O3S. The Balaban J connectivity index is 2.36. The molecular weight excluding hydrogens is 242 g/mol. The van der Waals surface area contributed by atoms with E-state index in [-0.39, 0.29) is 24.1 Å². The van der Waals surface area contributed by atoms with Gasteiger partial charge in [-0.15, -0.1) is 0 Å². The van der Waals surface area contributed by atoms with Crippen LogP contribution in [-0.2, 0) is 14.8 Å². The second-order valence-corrected chi connectivity index (χ2v) is 6.48. The van der Waals surface area contributed by atoms with E-state index >= 15 is 0 Å². The number of piperazine rings is 1. The number of hydrogen-bond acceptors (Lipinski definition) is 4. The third-order valence-electron chi connectivity index (χ3n) is 2.47. The molecule has 0 atom stereocenters. The zero-order valence-corrected chi connectivity index (χ0v) is 11.2. The van der Waals surface area contributed by atoms with E-state index < -0.39 is 10.0 Å². The molecule has 1 rings (SSSR count). The van der Waals surface area contributed by atoms with Crippen LogP contribution in [0.15, 0.2) is 0 Å². The Labute approximate surface area is 103 Å². The maximum absolute atomic E-state index is 11.7. The van der Waals surface area contributed by atoms with Crippen LogP contribution >= 0.6 is 0 Å². The fourth-order valence-electron chi connectivity index (χ4n) is 1.70. The molecule has 0 aliphatic carbocycles. The quantitative estimate of drug-likeness (QED) is 0.666. The number of sulfonamides is 1. The van der Waals surface area contributed by atoms with Gasteiger partial charge in [0.2, 0.25) is 15.9 Å². The van der Waals surface area contributed by atoms with Crippen molar-refractivity contribution in [3.8, 4) is 0 Å². The molecule has 0 aromatic heterocycles. The predicted molar refractivity (Wildman–Crippen MR) is 66.1 cm³/mol. The van der Waals surface area contributed by atoms with Gasteiger partial charge < -0.3 is 10.2 Å². The molecule has 1 aliphatic rings. The molecule has 100 valence electrons. The number of hydrogen-bond donors (Lipinski definition) is 2. The van der Waals surface area contributed by atoms with E-state index in [1.54, 1.807) is 4.90 Å². The summed E-state index contributed by atoms with van der Waals surface area (Å²) < 4.78 is 25.4. The summed E-state index contributed by atoms with van der Waals surface area (Å²) in [6.07, 6.45) is 0. The average Bonchev–Trinajstić information content (AvgIpc) is 2.25. The zero-order chi connectivity index (χ0) is 12.9. The monoisotopic (exact) mass is 263 g/mol. The van der Waals surface area contributed by atoms with Gasteiger partial charge in [-0.25, -0.2) is 13.1 Å². The number of nitrogens with zero attached hydrogens (tertiary/aromatic N) is 1. The molecule has 0 spiro atoms. The van der Waals surface area contributed by atoms with E-state index in [1.165, 1.54) is 0 Å². The highest BCUT2D eigenvalue weighted by molar-refractivity contribution is 7.89. The molecule has 2 N–H and O–H groups in total. The third-order valence-corrected chi connectivity index (χ3v) is 4.16. The number of amides is 1. The summed E-state index contributed by atoms with van der Waals surface area (Å²) in [7, 11) is -3.33. The SMILES string of the molecule is CC(C)CS(=O)(=O)NCC(=O)N1CCNCC1. The smallest absolute Gasteiger partial charge is 0.237 e. The molecule has 0 unspecified atom stereocenters. The Morgan fingerprint density at radius 1 is 1.35 bits per heavy atom. The van der Waals surface area contributed by atoms with E-state index in [0.717, 1.165) is 13.1 Å². The van der Waals surface area contributed by atoms with Crippen LogP contribution in [0.4, 0.5) is 0 Å². The summed E-state index contributed by atoms with van der Waals surface area (Å²) in [4.78, 5) is 13.4. The predicted octanol–water partition coefficient (Wildman–Crippen LogP) is -1.01. The van der Waals surface area contributed by atoms with E-state index in [0.29, 0.717) is 13.1 Å². The van der Waals surface area contributed by atoms with Gasteiger partial charge in [-0.1, -0.05) is 13.8 Å². The lowest BCUT2D eigenvalue weighted by molar-refractivity contribution is -0.130. The highest BCUT2D eigenvalue weighted by Crippen LogP contribution is 1.98. The van der Waals surface area contributed by atoms with Crippen molar-refractivity contribution in [2.45, 2.75) is 13.8 Å². The molecule has 0 saturated carbocycles. The number of nitrogens with one attached hydrogen (secondary N) is 2. The summed E-state index contributed by atoms with van der Waals surface area (Å²) in [5.74, 6) is -0.0393. The second-order valence-electron chi connectivity index (χ2n) is 4.63. The zero-order valence-electron chi connectivity index (χ0n) is 10.4. The third kappa shape index (κ3) is 5.47. The van der Waals surface area contributed by atoms with Crippen molar-refractivity contribution in [1.29, 1.82) is 0 Å². The first-order valence-electron chi connectivity index (χ1n) is 5.86. The highest BCUT2D eigenvalue weighted by Gasteiger charge is 2.19. The normalized spacial score (nSPS) is 17.5. The minimum Gasteiger partial charge on any atom is -0.339 e. The van der Waals surface area contributed by atoms with Crippen molar-refractivity contribution in [3.63, 3.8) is 0 Å². The van der Waals surface area contributed by atoms with Gasteiger partial charge in [0.1, 0.15) is 0 Å². The minimum atomic E-state index is -3.33. The van der Waals surface area contributed by atoms with Gasteiger partial charge in [-0.2, -0.15) is 0 Å². The molecule has 6 nitrogen and oxygen atoms in total. The molecule has 0 aromatic carbocycles. The average molecular weight is 263 g/mol. The molecule has 0 bridgehead atoms. The van der Waals surface area contributed by atoms with Crippen molar-refractivity contribution in [2.75, 3.05) is 38.5 Å². The van der Waals surface area contributed by atoms with Crippen molar-refractivity contribution in [2.24, 2.45) is 5.92 Å². The van der Waals surface area contributed by atoms with E-state index in [9.17, 15) is 13.2 Å². The first kappa shape index (κ1) is 14.4. The fourth-order valence-corrected chi connectivity index (χ4v) is 3.03. The van der Waals surface area contributed by atoms with Crippen LogP contribution in [0.5, 0.6) is 0 Å². The fraction of sp³-hybridized carbons (Fsp3) is 0.900. The van der Waals surface area contributed by atoms with Crippen molar-refractivity contribution >= 4 is 15.9 Å². The maximum atomic E-state index is 11.7. The lowest BCUT2D eigenvalue weighted by Gasteiger charge is -2.27. The Morgan fingerprint density at radius 2 is 1.94 bits per heavy atom. The first-order chi connectivity index (χ1) is 7.91. The number of rotatable bonds is 5. The summed E-state index contributed by atoms with van der Waals surface area (Å²) in [5.41, 5.74) is 0. The van der Waals surface area contributed by atoms with Gasteiger partial charge >= 0.3 is 0 Å². The van der Waals surface area contributed by atoms with Crippen LogP contribution in [0.3, 0.4) is 0 Å². The molecule has 1 heterocycles. The van der Waals surface area contributed by atoms with Gasteiger partial charge in [0.05, 0.1) is 12.3 Å². The summed E-state index contributed by atoms with van der Waals surface area (Å²) in [6.45, 7) is 6.36. The maximum Gasteiger partial charge on any atom is 0.237 e. The molecule has 7 heteroatoms.